The van der Waals surface area contributed by atoms with Crippen molar-refractivity contribution < 1.29 is 9.53 Å². The summed E-state index contributed by atoms with van der Waals surface area (Å²) < 4.78 is 5.93. The number of nitriles is 1. The van der Waals surface area contributed by atoms with Gasteiger partial charge in [-0.2, -0.15) is 5.26 Å². The first kappa shape index (κ1) is 23.0. The summed E-state index contributed by atoms with van der Waals surface area (Å²) in [6.07, 6.45) is 1.13. The number of allylic oxidation sites excluding steroid dienone is 4. The second-order valence-corrected chi connectivity index (χ2v) is 9.46. The predicted octanol–water partition coefficient (Wildman–Crippen LogP) is 6.80. The first-order chi connectivity index (χ1) is 17.0. The number of nitrogens with one attached hydrogen (secondary N) is 1. The van der Waals surface area contributed by atoms with Crippen LogP contribution in [0.2, 0.25) is 5.02 Å². The van der Waals surface area contributed by atoms with Gasteiger partial charge in [-0.25, -0.2) is 0 Å². The summed E-state index contributed by atoms with van der Waals surface area (Å²) in [4.78, 5) is 13.5. The zero-order valence-corrected chi connectivity index (χ0v) is 20.2. The number of dihydropyridines is 1. The van der Waals surface area contributed by atoms with Crippen molar-refractivity contribution >= 4 is 17.4 Å². The van der Waals surface area contributed by atoms with Crippen LogP contribution in [-0.2, 0) is 11.4 Å². The molecule has 0 bridgehead atoms. The molecule has 0 aromatic heterocycles. The van der Waals surface area contributed by atoms with Crippen LogP contribution in [0.15, 0.2) is 101 Å². The molecule has 0 spiro atoms. The molecule has 0 saturated heterocycles. The van der Waals surface area contributed by atoms with Crippen molar-refractivity contribution in [2.45, 2.75) is 38.2 Å². The van der Waals surface area contributed by atoms with Crippen LogP contribution in [0.3, 0.4) is 0 Å². The van der Waals surface area contributed by atoms with E-state index in [4.69, 9.17) is 16.3 Å². The Hall–Kier alpha value is -3.81. The van der Waals surface area contributed by atoms with E-state index in [9.17, 15) is 10.1 Å². The lowest BCUT2D eigenvalue weighted by atomic mass is 9.72. The Bertz CT molecular complexity index is 1350. The molecule has 5 heteroatoms. The maximum absolute atomic E-state index is 13.5. The summed E-state index contributed by atoms with van der Waals surface area (Å²) in [6, 6.07) is 27.8. The van der Waals surface area contributed by atoms with E-state index in [0.717, 1.165) is 33.8 Å². The largest absolute Gasteiger partial charge is 0.489 e. The van der Waals surface area contributed by atoms with Crippen LogP contribution in [-0.4, -0.2) is 5.78 Å². The maximum atomic E-state index is 13.5. The van der Waals surface area contributed by atoms with Gasteiger partial charge in [0.25, 0.3) is 0 Å². The van der Waals surface area contributed by atoms with Crippen molar-refractivity contribution in [1.29, 1.82) is 5.26 Å². The minimum Gasteiger partial charge on any atom is -0.489 e. The fourth-order valence-corrected chi connectivity index (χ4v) is 5.11. The van der Waals surface area contributed by atoms with E-state index in [-0.39, 0.29) is 17.6 Å². The number of rotatable bonds is 5. The highest BCUT2D eigenvalue weighted by atomic mass is 35.5. The van der Waals surface area contributed by atoms with Crippen LogP contribution in [0.1, 0.15) is 48.3 Å². The highest BCUT2D eigenvalue weighted by Crippen LogP contribution is 2.45. The molecule has 0 amide bonds. The molecule has 5 rings (SSSR count). The molecule has 4 nitrogen and oxygen atoms in total. The molecule has 3 aromatic rings. The van der Waals surface area contributed by atoms with Crippen LogP contribution in [0.4, 0.5) is 0 Å². The van der Waals surface area contributed by atoms with Crippen molar-refractivity contribution in [2.75, 3.05) is 0 Å². The molecule has 1 N–H and O–H groups in total. The topological polar surface area (TPSA) is 62.1 Å². The molecule has 35 heavy (non-hydrogen) atoms. The van der Waals surface area contributed by atoms with Crippen molar-refractivity contribution in [3.8, 4) is 11.8 Å². The Balaban J connectivity index is 1.42. The summed E-state index contributed by atoms with van der Waals surface area (Å²) in [5, 5.41) is 14.0. The van der Waals surface area contributed by atoms with Gasteiger partial charge >= 0.3 is 0 Å². The Morgan fingerprint density at radius 2 is 1.66 bits per heavy atom. The van der Waals surface area contributed by atoms with Gasteiger partial charge in [-0.1, -0.05) is 66.2 Å². The molecular weight excluding hydrogens is 456 g/mol. The lowest BCUT2D eigenvalue weighted by Gasteiger charge is -2.35. The van der Waals surface area contributed by atoms with E-state index >= 15 is 0 Å². The Labute approximate surface area is 210 Å². The van der Waals surface area contributed by atoms with Crippen molar-refractivity contribution in [2.24, 2.45) is 0 Å². The molecule has 1 aliphatic heterocycles. The summed E-state index contributed by atoms with van der Waals surface area (Å²) in [7, 11) is 0. The van der Waals surface area contributed by atoms with Crippen LogP contribution in [0.5, 0.6) is 5.75 Å². The lowest BCUT2D eigenvalue weighted by molar-refractivity contribution is -0.116. The number of nitrogens with zero attached hydrogens (tertiary/aromatic N) is 1. The number of hydrogen-bond acceptors (Lipinski definition) is 4. The summed E-state index contributed by atoms with van der Waals surface area (Å²) in [5.41, 5.74) is 6.10. The standard InChI is InChI=1S/C30H25ClN2O2/c1-19-26(17-32)29(22-9-13-25(14-10-22)35-18-20-5-3-2-4-6-20)30-27(33-19)15-23(16-28(30)34)21-7-11-24(31)12-8-21/h2-14,23,29,33H,15-16,18H2,1H3. The molecule has 1 heterocycles. The number of carbonyl (C=O) groups is 1. The average molecular weight is 481 g/mol. The fraction of sp³-hybridized carbons (Fsp3) is 0.200. The van der Waals surface area contributed by atoms with Gasteiger partial charge in [0.05, 0.1) is 17.6 Å². The Morgan fingerprint density at radius 1 is 0.971 bits per heavy atom. The van der Waals surface area contributed by atoms with Gasteiger partial charge in [0.1, 0.15) is 12.4 Å². The van der Waals surface area contributed by atoms with E-state index in [0.29, 0.717) is 35.6 Å². The third-order valence-electron chi connectivity index (χ3n) is 6.75. The van der Waals surface area contributed by atoms with Gasteiger partial charge in [-0.3, -0.25) is 4.79 Å². The quantitative estimate of drug-likeness (QED) is 0.436. The third-order valence-corrected chi connectivity index (χ3v) is 7.00. The monoisotopic (exact) mass is 480 g/mol. The molecule has 2 atom stereocenters. The molecule has 0 radical (unpaired) electrons. The number of halogens is 1. The first-order valence-corrected chi connectivity index (χ1v) is 12.1. The molecule has 2 unspecified atom stereocenters. The molecule has 0 fully saturated rings. The third kappa shape index (κ3) is 4.73. The van der Waals surface area contributed by atoms with Crippen LogP contribution in [0, 0.1) is 11.3 Å². The van der Waals surface area contributed by atoms with Crippen LogP contribution in [0.25, 0.3) is 0 Å². The fourth-order valence-electron chi connectivity index (χ4n) is 4.99. The smallest absolute Gasteiger partial charge is 0.162 e. The summed E-state index contributed by atoms with van der Waals surface area (Å²) >= 11 is 6.06. The summed E-state index contributed by atoms with van der Waals surface area (Å²) in [5.74, 6) is 0.529. The Kier molecular flexibility index (Phi) is 6.44. The Morgan fingerprint density at radius 3 is 2.34 bits per heavy atom. The zero-order valence-electron chi connectivity index (χ0n) is 19.4. The van der Waals surface area contributed by atoms with Crippen molar-refractivity contribution in [1.82, 2.24) is 5.32 Å². The van der Waals surface area contributed by atoms with E-state index in [2.05, 4.69) is 11.4 Å². The van der Waals surface area contributed by atoms with Crippen molar-refractivity contribution in [3.63, 3.8) is 0 Å². The zero-order chi connectivity index (χ0) is 24.4. The van der Waals surface area contributed by atoms with Crippen molar-refractivity contribution in [3.05, 3.63) is 123 Å². The van der Waals surface area contributed by atoms with Gasteiger partial charge in [0, 0.05) is 28.4 Å². The highest BCUT2D eigenvalue weighted by molar-refractivity contribution is 6.30. The lowest BCUT2D eigenvalue weighted by Crippen LogP contribution is -2.33. The van der Waals surface area contributed by atoms with Gasteiger partial charge in [0.2, 0.25) is 0 Å². The molecule has 1 aliphatic carbocycles. The normalized spacial score (nSPS) is 19.6. The molecule has 2 aliphatic rings. The number of ketones is 1. The average Bonchev–Trinajstić information content (AvgIpc) is 2.88. The summed E-state index contributed by atoms with van der Waals surface area (Å²) in [6.45, 7) is 2.39. The number of carbonyl (C=O) groups excluding carboxylic acids is 1. The SMILES string of the molecule is CC1=C(C#N)C(c2ccc(OCc3ccccc3)cc2)C2=C(CC(c3ccc(Cl)cc3)CC2=O)N1. The van der Waals surface area contributed by atoms with E-state index in [1.807, 2.05) is 85.8 Å². The molecular formula is C30H25ClN2O2. The number of benzene rings is 3. The first-order valence-electron chi connectivity index (χ1n) is 11.7. The maximum Gasteiger partial charge on any atom is 0.162 e. The van der Waals surface area contributed by atoms with Gasteiger partial charge in [-0.15, -0.1) is 0 Å². The van der Waals surface area contributed by atoms with Gasteiger partial charge in [0.15, 0.2) is 5.78 Å². The number of ether oxygens (including phenoxy) is 1. The van der Waals surface area contributed by atoms with E-state index < -0.39 is 0 Å². The minimum absolute atomic E-state index is 0.0772. The molecule has 0 saturated carbocycles. The second-order valence-electron chi connectivity index (χ2n) is 9.02. The molecule has 174 valence electrons. The van der Waals surface area contributed by atoms with E-state index in [1.54, 1.807) is 0 Å². The number of hydrogen-bond donors (Lipinski definition) is 1. The van der Waals surface area contributed by atoms with Gasteiger partial charge < -0.3 is 10.1 Å². The van der Waals surface area contributed by atoms with Crippen LogP contribution < -0.4 is 10.1 Å². The second kappa shape index (κ2) is 9.82. The predicted molar refractivity (Wildman–Crippen MR) is 137 cm³/mol. The highest BCUT2D eigenvalue weighted by Gasteiger charge is 2.38. The molecule has 3 aromatic carbocycles. The van der Waals surface area contributed by atoms with E-state index in [1.165, 1.54) is 0 Å². The minimum atomic E-state index is -0.377. The number of Topliss-reactive ketones (excluding diaryl/α,β-unsaturated/α-hetero) is 1. The van der Waals surface area contributed by atoms with Gasteiger partial charge in [-0.05, 0) is 60.2 Å². The van der Waals surface area contributed by atoms with Crippen LogP contribution >= 0.6 is 11.6 Å².